The largest absolute Gasteiger partial charge is 0.310 e. The van der Waals surface area contributed by atoms with Gasteiger partial charge in [-0.1, -0.05) is 31.5 Å². The van der Waals surface area contributed by atoms with Crippen LogP contribution in [0.4, 0.5) is 4.39 Å². The van der Waals surface area contributed by atoms with Crippen molar-refractivity contribution < 1.29 is 4.39 Å². The fourth-order valence-corrected chi connectivity index (χ4v) is 1.43. The third-order valence-electron chi connectivity index (χ3n) is 2.66. The van der Waals surface area contributed by atoms with Gasteiger partial charge in [0, 0.05) is 23.2 Å². The van der Waals surface area contributed by atoms with E-state index in [0.717, 1.165) is 0 Å². The van der Waals surface area contributed by atoms with Crippen LogP contribution in [-0.2, 0) is 6.54 Å². The van der Waals surface area contributed by atoms with E-state index in [1.807, 2.05) is 0 Å². The fraction of sp³-hybridized carbons (Fsp3) is 0.500. The van der Waals surface area contributed by atoms with Crippen molar-refractivity contribution in [3.63, 3.8) is 0 Å². The zero-order valence-electron chi connectivity index (χ0n) is 9.35. The van der Waals surface area contributed by atoms with Crippen LogP contribution < -0.4 is 5.32 Å². The minimum Gasteiger partial charge on any atom is -0.310 e. The number of nitrogens with one attached hydrogen (secondary N) is 1. The molecule has 3 heteroatoms. The molecule has 15 heavy (non-hydrogen) atoms. The molecule has 0 heterocycles. The van der Waals surface area contributed by atoms with E-state index in [2.05, 4.69) is 26.1 Å². The second-order valence-electron chi connectivity index (χ2n) is 4.11. The lowest BCUT2D eigenvalue weighted by Gasteiger charge is -2.18. The molecule has 1 unspecified atom stereocenters. The summed E-state index contributed by atoms with van der Waals surface area (Å²) in [6.45, 7) is 6.81. The van der Waals surface area contributed by atoms with E-state index < -0.39 is 0 Å². The summed E-state index contributed by atoms with van der Waals surface area (Å²) >= 11 is 5.91. The van der Waals surface area contributed by atoms with Gasteiger partial charge >= 0.3 is 0 Å². The van der Waals surface area contributed by atoms with Crippen LogP contribution in [0.2, 0.25) is 5.02 Å². The average molecular weight is 230 g/mol. The highest BCUT2D eigenvalue weighted by molar-refractivity contribution is 6.31. The number of hydrogen-bond acceptors (Lipinski definition) is 1. The molecular formula is C12H17ClFN. The first-order valence-electron chi connectivity index (χ1n) is 5.18. The molecule has 0 amide bonds. The van der Waals surface area contributed by atoms with Gasteiger partial charge in [-0.3, -0.25) is 0 Å². The molecule has 0 fully saturated rings. The molecule has 0 bridgehead atoms. The lowest BCUT2D eigenvalue weighted by atomic mass is 10.1. The zero-order valence-corrected chi connectivity index (χ0v) is 10.1. The summed E-state index contributed by atoms with van der Waals surface area (Å²) in [5, 5.41) is 3.74. The molecule has 1 nitrogen and oxygen atoms in total. The van der Waals surface area contributed by atoms with Crippen molar-refractivity contribution in [1.29, 1.82) is 0 Å². The molecule has 1 aromatic carbocycles. The standard InChI is InChI=1S/C12H17ClFN/c1-8(2)9(3)15-7-10-11(13)5-4-6-12(10)14/h4-6,8-9,15H,7H2,1-3H3. The highest BCUT2D eigenvalue weighted by Gasteiger charge is 2.10. The molecule has 1 rings (SSSR count). The first-order valence-corrected chi connectivity index (χ1v) is 5.56. The van der Waals surface area contributed by atoms with E-state index in [-0.39, 0.29) is 5.82 Å². The average Bonchev–Trinajstić information content (AvgIpc) is 2.16. The zero-order chi connectivity index (χ0) is 11.4. The third-order valence-corrected chi connectivity index (χ3v) is 3.02. The van der Waals surface area contributed by atoms with Gasteiger partial charge in [0.15, 0.2) is 0 Å². The molecule has 0 saturated carbocycles. The summed E-state index contributed by atoms with van der Waals surface area (Å²) in [5.41, 5.74) is 0.548. The summed E-state index contributed by atoms with van der Waals surface area (Å²) in [6.07, 6.45) is 0. The van der Waals surface area contributed by atoms with Crippen molar-refractivity contribution in [3.05, 3.63) is 34.6 Å². The van der Waals surface area contributed by atoms with Gasteiger partial charge in [-0.15, -0.1) is 0 Å². The van der Waals surface area contributed by atoms with Crippen LogP contribution >= 0.6 is 11.6 Å². The maximum atomic E-state index is 13.4. The van der Waals surface area contributed by atoms with Crippen LogP contribution in [0.5, 0.6) is 0 Å². The van der Waals surface area contributed by atoms with Gasteiger partial charge < -0.3 is 5.32 Å². The van der Waals surface area contributed by atoms with Crippen molar-refractivity contribution in [3.8, 4) is 0 Å². The van der Waals surface area contributed by atoms with E-state index in [1.54, 1.807) is 12.1 Å². The predicted molar refractivity (Wildman–Crippen MR) is 62.5 cm³/mol. The van der Waals surface area contributed by atoms with Crippen molar-refractivity contribution in [1.82, 2.24) is 5.32 Å². The summed E-state index contributed by atoms with van der Waals surface area (Å²) in [6, 6.07) is 5.11. The monoisotopic (exact) mass is 229 g/mol. The van der Waals surface area contributed by atoms with Crippen molar-refractivity contribution in [2.45, 2.75) is 33.4 Å². The van der Waals surface area contributed by atoms with Gasteiger partial charge in [-0.25, -0.2) is 4.39 Å². The van der Waals surface area contributed by atoms with Gasteiger partial charge in [-0.2, -0.15) is 0 Å². The molecule has 0 spiro atoms. The van der Waals surface area contributed by atoms with Gasteiger partial charge in [0.2, 0.25) is 0 Å². The Balaban J connectivity index is 2.65. The smallest absolute Gasteiger partial charge is 0.129 e. The van der Waals surface area contributed by atoms with Crippen molar-refractivity contribution in [2.75, 3.05) is 0 Å². The Kier molecular flexibility index (Phi) is 4.55. The van der Waals surface area contributed by atoms with Gasteiger partial charge in [0.1, 0.15) is 5.82 Å². The molecule has 0 radical (unpaired) electrons. The van der Waals surface area contributed by atoms with Crippen LogP contribution in [-0.4, -0.2) is 6.04 Å². The minimum atomic E-state index is -0.244. The summed E-state index contributed by atoms with van der Waals surface area (Å²) in [7, 11) is 0. The highest BCUT2D eigenvalue weighted by atomic mass is 35.5. The maximum Gasteiger partial charge on any atom is 0.129 e. The van der Waals surface area contributed by atoms with E-state index >= 15 is 0 Å². The van der Waals surface area contributed by atoms with E-state index in [4.69, 9.17) is 11.6 Å². The van der Waals surface area contributed by atoms with Gasteiger partial charge in [0.25, 0.3) is 0 Å². The third kappa shape index (κ3) is 3.47. The minimum absolute atomic E-state index is 0.244. The first-order chi connectivity index (χ1) is 7.02. The van der Waals surface area contributed by atoms with Crippen molar-refractivity contribution in [2.24, 2.45) is 5.92 Å². The molecule has 0 saturated heterocycles. The number of hydrogen-bond donors (Lipinski definition) is 1. The van der Waals surface area contributed by atoms with E-state index in [0.29, 0.717) is 29.1 Å². The molecular weight excluding hydrogens is 213 g/mol. The van der Waals surface area contributed by atoms with E-state index in [1.165, 1.54) is 6.07 Å². The Hall–Kier alpha value is -0.600. The Morgan fingerprint density at radius 2 is 2.00 bits per heavy atom. The highest BCUT2D eigenvalue weighted by Crippen LogP contribution is 2.18. The lowest BCUT2D eigenvalue weighted by Crippen LogP contribution is -2.30. The molecule has 0 aliphatic rings. The normalized spacial score (nSPS) is 13.2. The molecule has 1 aromatic rings. The predicted octanol–water partition coefficient (Wildman–Crippen LogP) is 3.61. The Morgan fingerprint density at radius 3 is 2.53 bits per heavy atom. The van der Waals surface area contributed by atoms with Crippen LogP contribution in [0.15, 0.2) is 18.2 Å². The topological polar surface area (TPSA) is 12.0 Å². The Morgan fingerprint density at radius 1 is 1.33 bits per heavy atom. The second kappa shape index (κ2) is 5.47. The van der Waals surface area contributed by atoms with Crippen LogP contribution in [0.1, 0.15) is 26.3 Å². The van der Waals surface area contributed by atoms with Crippen molar-refractivity contribution >= 4 is 11.6 Å². The Labute approximate surface area is 95.6 Å². The van der Waals surface area contributed by atoms with Gasteiger partial charge in [-0.05, 0) is 25.0 Å². The number of halogens is 2. The quantitative estimate of drug-likeness (QED) is 0.832. The number of rotatable bonds is 4. The maximum absolute atomic E-state index is 13.4. The molecule has 1 N–H and O–H groups in total. The first kappa shape index (κ1) is 12.5. The fourth-order valence-electron chi connectivity index (χ4n) is 1.20. The van der Waals surface area contributed by atoms with Crippen LogP contribution in [0.25, 0.3) is 0 Å². The molecule has 1 atom stereocenters. The number of benzene rings is 1. The Bertz CT molecular complexity index is 305. The molecule has 0 aromatic heterocycles. The van der Waals surface area contributed by atoms with E-state index in [9.17, 15) is 4.39 Å². The lowest BCUT2D eigenvalue weighted by molar-refractivity contribution is 0.421. The summed E-state index contributed by atoms with van der Waals surface area (Å²) in [5.74, 6) is 0.279. The molecule has 0 aliphatic heterocycles. The van der Waals surface area contributed by atoms with Gasteiger partial charge in [0.05, 0.1) is 0 Å². The second-order valence-corrected chi connectivity index (χ2v) is 4.52. The molecule has 84 valence electrons. The van der Waals surface area contributed by atoms with Crippen LogP contribution in [0, 0.1) is 11.7 Å². The molecule has 0 aliphatic carbocycles. The van der Waals surface area contributed by atoms with Crippen LogP contribution in [0.3, 0.4) is 0 Å². The SMILES string of the molecule is CC(C)C(C)NCc1c(F)cccc1Cl. The summed E-state index contributed by atoms with van der Waals surface area (Å²) < 4.78 is 13.4. The summed E-state index contributed by atoms with van der Waals surface area (Å²) in [4.78, 5) is 0.